The summed E-state index contributed by atoms with van der Waals surface area (Å²) in [6.45, 7) is 4.16. The number of Topliss-reactive ketones (excluding diaryl/α,β-unsaturated/α-hetero) is 1. The van der Waals surface area contributed by atoms with E-state index in [0.29, 0.717) is 39.8 Å². The van der Waals surface area contributed by atoms with Gasteiger partial charge in [0.2, 0.25) is 0 Å². The number of carbonyl (C=O) groups is 2. The molecule has 2 aliphatic rings. The van der Waals surface area contributed by atoms with Gasteiger partial charge in [-0.1, -0.05) is 66.2 Å². The molecule has 0 spiro atoms. The normalized spacial score (nSPS) is 16.5. The number of halogens is 1. The van der Waals surface area contributed by atoms with Crippen molar-refractivity contribution in [2.45, 2.75) is 26.4 Å². The molecule has 0 bridgehead atoms. The number of carbonyl (C=O) groups excluding carboxylic acids is 2. The number of hydrogen-bond donors (Lipinski definition) is 1. The van der Waals surface area contributed by atoms with Crippen molar-refractivity contribution in [3.05, 3.63) is 117 Å². The van der Waals surface area contributed by atoms with E-state index in [1.165, 1.54) is 0 Å². The number of para-hydroxylation sites is 1. The Labute approximate surface area is 209 Å². The van der Waals surface area contributed by atoms with Crippen molar-refractivity contribution in [2.24, 2.45) is 0 Å². The van der Waals surface area contributed by atoms with Crippen LogP contribution in [0.15, 0.2) is 89.6 Å². The number of fused-ring (bicyclic) bond motifs is 2. The Bertz CT molecular complexity index is 1390. The molecule has 5 nitrogen and oxygen atoms in total. The molecule has 0 aromatic heterocycles. The fourth-order valence-electron chi connectivity index (χ4n) is 4.71. The summed E-state index contributed by atoms with van der Waals surface area (Å²) in [5.41, 5.74) is 5.47. The Morgan fingerprint density at radius 3 is 2.40 bits per heavy atom. The molecule has 6 heteroatoms. The van der Waals surface area contributed by atoms with Gasteiger partial charge in [-0.15, -0.1) is 0 Å². The fraction of sp³-hybridized carbons (Fsp3) is 0.172. The molecule has 1 aliphatic heterocycles. The largest absolute Gasteiger partial charge is 0.489 e. The molecule has 0 unspecified atom stereocenters. The van der Waals surface area contributed by atoms with Crippen LogP contribution in [-0.2, 0) is 16.1 Å². The molecule has 35 heavy (non-hydrogen) atoms. The maximum absolute atomic E-state index is 13.6. The molecule has 1 heterocycles. The van der Waals surface area contributed by atoms with Gasteiger partial charge in [-0.3, -0.25) is 4.79 Å². The summed E-state index contributed by atoms with van der Waals surface area (Å²) in [7, 11) is 0. The van der Waals surface area contributed by atoms with Crippen molar-refractivity contribution in [1.29, 1.82) is 0 Å². The number of nitrogens with one attached hydrogen (secondary N) is 1. The lowest BCUT2D eigenvalue weighted by Crippen LogP contribution is -2.29. The van der Waals surface area contributed by atoms with Gasteiger partial charge in [0.15, 0.2) is 5.78 Å². The highest BCUT2D eigenvalue weighted by Gasteiger charge is 2.43. The SMILES string of the molecule is CCOC(=O)C1=C(C)NC2=C(C(=O)c3ccccc32)[C@H]1c1ccccc1OCc1ccc(Cl)cc1. The maximum Gasteiger partial charge on any atom is 0.336 e. The number of ketones is 1. The van der Waals surface area contributed by atoms with E-state index in [2.05, 4.69) is 5.32 Å². The van der Waals surface area contributed by atoms with Crippen LogP contribution in [-0.4, -0.2) is 18.4 Å². The number of esters is 1. The minimum Gasteiger partial charge on any atom is -0.489 e. The third kappa shape index (κ3) is 4.13. The lowest BCUT2D eigenvalue weighted by molar-refractivity contribution is -0.138. The van der Waals surface area contributed by atoms with Gasteiger partial charge >= 0.3 is 5.97 Å². The topological polar surface area (TPSA) is 64.6 Å². The fourth-order valence-corrected chi connectivity index (χ4v) is 4.84. The zero-order valence-corrected chi connectivity index (χ0v) is 20.2. The Kier molecular flexibility index (Phi) is 6.18. The smallest absolute Gasteiger partial charge is 0.336 e. The van der Waals surface area contributed by atoms with Crippen LogP contribution >= 0.6 is 11.6 Å². The van der Waals surface area contributed by atoms with Crippen LogP contribution < -0.4 is 10.1 Å². The van der Waals surface area contributed by atoms with Gasteiger partial charge in [0.05, 0.1) is 23.8 Å². The van der Waals surface area contributed by atoms with Crippen molar-refractivity contribution in [2.75, 3.05) is 6.61 Å². The van der Waals surface area contributed by atoms with Crippen LogP contribution in [0.5, 0.6) is 5.75 Å². The van der Waals surface area contributed by atoms with Crippen molar-refractivity contribution < 1.29 is 19.1 Å². The summed E-state index contributed by atoms with van der Waals surface area (Å²) in [5.74, 6) is -0.591. The lowest BCUT2D eigenvalue weighted by atomic mass is 9.79. The van der Waals surface area contributed by atoms with Crippen molar-refractivity contribution in [3.8, 4) is 5.75 Å². The Morgan fingerprint density at radius 2 is 1.66 bits per heavy atom. The molecular weight excluding hydrogens is 462 g/mol. The molecule has 0 fully saturated rings. The Morgan fingerprint density at radius 1 is 0.971 bits per heavy atom. The van der Waals surface area contributed by atoms with Crippen molar-refractivity contribution in [3.63, 3.8) is 0 Å². The second kappa shape index (κ2) is 9.43. The average molecular weight is 486 g/mol. The summed E-state index contributed by atoms with van der Waals surface area (Å²) in [6.07, 6.45) is 0. The van der Waals surface area contributed by atoms with Crippen LogP contribution in [0.25, 0.3) is 5.70 Å². The molecule has 3 aromatic rings. The van der Waals surface area contributed by atoms with Gasteiger partial charge in [0.1, 0.15) is 12.4 Å². The minimum absolute atomic E-state index is 0.102. The van der Waals surface area contributed by atoms with Gasteiger partial charge in [0.25, 0.3) is 0 Å². The van der Waals surface area contributed by atoms with E-state index < -0.39 is 11.9 Å². The first-order valence-electron chi connectivity index (χ1n) is 11.5. The first-order valence-corrected chi connectivity index (χ1v) is 11.9. The van der Waals surface area contributed by atoms with E-state index in [0.717, 1.165) is 22.4 Å². The highest BCUT2D eigenvalue weighted by Crippen LogP contribution is 2.48. The number of dihydropyridines is 1. The second-order valence-electron chi connectivity index (χ2n) is 8.43. The van der Waals surface area contributed by atoms with Gasteiger partial charge in [-0.2, -0.15) is 0 Å². The zero-order chi connectivity index (χ0) is 24.5. The standard InChI is InChI=1S/C29H24ClNO4/c1-3-34-29(33)24-17(2)31-27-20-8-4-5-9-21(20)28(32)26(27)25(24)22-10-6-7-11-23(22)35-16-18-12-14-19(30)15-13-18/h4-15,25,31H,3,16H2,1-2H3/t25-/m0/s1. The molecule has 1 atom stereocenters. The average Bonchev–Trinajstić information content (AvgIpc) is 3.15. The Balaban J connectivity index is 1.61. The van der Waals surface area contributed by atoms with Crippen LogP contribution in [0, 0.1) is 0 Å². The van der Waals surface area contributed by atoms with E-state index >= 15 is 0 Å². The zero-order valence-electron chi connectivity index (χ0n) is 19.4. The van der Waals surface area contributed by atoms with E-state index in [9.17, 15) is 9.59 Å². The number of hydrogen-bond acceptors (Lipinski definition) is 5. The molecule has 0 saturated heterocycles. The molecule has 3 aromatic carbocycles. The molecule has 1 aliphatic carbocycles. The van der Waals surface area contributed by atoms with Gasteiger partial charge < -0.3 is 14.8 Å². The first-order chi connectivity index (χ1) is 17.0. The summed E-state index contributed by atoms with van der Waals surface area (Å²) in [6, 6.07) is 22.5. The minimum atomic E-state index is -0.633. The first kappa shape index (κ1) is 22.9. The Hall–Kier alpha value is -3.83. The summed E-state index contributed by atoms with van der Waals surface area (Å²) >= 11 is 6.01. The number of benzene rings is 3. The summed E-state index contributed by atoms with van der Waals surface area (Å²) in [5, 5.41) is 3.98. The number of ether oxygens (including phenoxy) is 2. The van der Waals surface area contributed by atoms with Gasteiger partial charge in [-0.25, -0.2) is 4.79 Å². The molecule has 5 rings (SSSR count). The predicted molar refractivity (Wildman–Crippen MR) is 135 cm³/mol. The third-order valence-electron chi connectivity index (χ3n) is 6.28. The quantitative estimate of drug-likeness (QED) is 0.430. The molecule has 176 valence electrons. The van der Waals surface area contributed by atoms with Crippen LogP contribution in [0.1, 0.15) is 46.8 Å². The van der Waals surface area contributed by atoms with E-state index in [1.54, 1.807) is 6.92 Å². The second-order valence-corrected chi connectivity index (χ2v) is 8.87. The van der Waals surface area contributed by atoms with Crippen LogP contribution in [0.2, 0.25) is 5.02 Å². The van der Waals surface area contributed by atoms with Crippen molar-refractivity contribution >= 4 is 29.1 Å². The van der Waals surface area contributed by atoms with E-state index in [1.807, 2.05) is 79.7 Å². The molecule has 0 radical (unpaired) electrons. The van der Waals surface area contributed by atoms with E-state index in [4.69, 9.17) is 21.1 Å². The van der Waals surface area contributed by atoms with Gasteiger partial charge in [0, 0.05) is 33.0 Å². The predicted octanol–water partition coefficient (Wildman–Crippen LogP) is 6.05. The highest BCUT2D eigenvalue weighted by molar-refractivity contribution is 6.30. The summed E-state index contributed by atoms with van der Waals surface area (Å²) in [4.78, 5) is 26.8. The van der Waals surface area contributed by atoms with Crippen molar-refractivity contribution in [1.82, 2.24) is 5.32 Å². The molecule has 0 amide bonds. The monoisotopic (exact) mass is 485 g/mol. The molecule has 0 saturated carbocycles. The maximum atomic E-state index is 13.6. The van der Waals surface area contributed by atoms with Crippen LogP contribution in [0.3, 0.4) is 0 Å². The summed E-state index contributed by atoms with van der Waals surface area (Å²) < 4.78 is 11.6. The molecule has 1 N–H and O–H groups in total. The highest BCUT2D eigenvalue weighted by atomic mass is 35.5. The number of allylic oxidation sites excluding steroid dienone is 2. The third-order valence-corrected chi connectivity index (χ3v) is 6.53. The van der Waals surface area contributed by atoms with Gasteiger partial charge in [-0.05, 0) is 37.6 Å². The molecular formula is C29H24ClNO4. The number of rotatable bonds is 6. The lowest BCUT2D eigenvalue weighted by Gasteiger charge is -2.30. The van der Waals surface area contributed by atoms with E-state index in [-0.39, 0.29) is 12.4 Å². The van der Waals surface area contributed by atoms with Crippen LogP contribution in [0.4, 0.5) is 0 Å².